The number of carbonyl (C=O) groups is 1. The predicted molar refractivity (Wildman–Crippen MR) is 255 cm³/mol. The number of likely N-dealkylation sites (tertiary alicyclic amines) is 1. The Kier molecular flexibility index (Phi) is 11.7. The van der Waals surface area contributed by atoms with E-state index in [2.05, 4.69) is 55.4 Å². The summed E-state index contributed by atoms with van der Waals surface area (Å²) in [5.41, 5.74) is 5.55. The van der Waals surface area contributed by atoms with E-state index in [1.165, 1.54) is 41.8 Å². The van der Waals surface area contributed by atoms with E-state index < -0.39 is 31.4 Å². The van der Waals surface area contributed by atoms with E-state index in [0.717, 1.165) is 87.1 Å². The molecule has 5 heterocycles. The van der Waals surface area contributed by atoms with Crippen molar-refractivity contribution >= 4 is 61.2 Å². The lowest BCUT2D eigenvalue weighted by Gasteiger charge is -2.39. The van der Waals surface area contributed by atoms with Gasteiger partial charge in [0.1, 0.15) is 23.8 Å². The van der Waals surface area contributed by atoms with Gasteiger partial charge in [0.2, 0.25) is 0 Å². The Balaban J connectivity index is 0.880. The number of piperazine rings is 1. The number of fused-ring (bicyclic) bond motifs is 4. The molecule has 2 N–H and O–H groups in total. The summed E-state index contributed by atoms with van der Waals surface area (Å²) in [6.45, 7) is 10.6. The maximum atomic E-state index is 14.1. The van der Waals surface area contributed by atoms with Crippen LogP contribution in [0, 0.1) is 21.4 Å². The number of allylic oxidation sites excluding steroid dienone is 1. The van der Waals surface area contributed by atoms with Crippen LogP contribution >= 0.6 is 11.6 Å². The number of rotatable bonds is 12. The second kappa shape index (κ2) is 17.5. The van der Waals surface area contributed by atoms with Crippen molar-refractivity contribution in [1.29, 1.82) is 0 Å². The number of aromatic nitrogens is 2. The van der Waals surface area contributed by atoms with E-state index in [1.54, 1.807) is 37.5 Å². The Bertz CT molecular complexity index is 2840. The second-order valence-electron chi connectivity index (χ2n) is 19.4. The largest absolute Gasteiger partial charge is 0.489 e. The first-order chi connectivity index (χ1) is 31.7. The number of benzene rings is 3. The van der Waals surface area contributed by atoms with Gasteiger partial charge in [0.25, 0.3) is 21.6 Å². The molecule has 2 aromatic heterocycles. The van der Waals surface area contributed by atoms with E-state index in [-0.39, 0.29) is 40.8 Å². The zero-order valence-corrected chi connectivity index (χ0v) is 39.0. The fourth-order valence-corrected chi connectivity index (χ4v) is 11.8. The fraction of sp³-hybridized carbons (Fsp3) is 0.429. The average Bonchev–Trinajstić information content (AvgIpc) is 4.06. The molecule has 2 saturated heterocycles. The van der Waals surface area contributed by atoms with Crippen LogP contribution in [-0.2, 0) is 10.0 Å². The lowest BCUT2D eigenvalue weighted by molar-refractivity contribution is -0.384. The van der Waals surface area contributed by atoms with E-state index in [4.69, 9.17) is 21.1 Å². The first-order valence-corrected chi connectivity index (χ1v) is 24.7. The third kappa shape index (κ3) is 8.95. The van der Waals surface area contributed by atoms with Crippen LogP contribution in [0.4, 0.5) is 17.1 Å². The molecule has 5 aliphatic rings. The second-order valence-corrected chi connectivity index (χ2v) is 21.5. The topological polar surface area (TPSA) is 166 Å². The maximum Gasteiger partial charge on any atom is 0.297 e. The van der Waals surface area contributed by atoms with Crippen molar-refractivity contribution in [3.05, 3.63) is 111 Å². The molecule has 0 unspecified atom stereocenters. The number of anilines is 2. The van der Waals surface area contributed by atoms with Gasteiger partial charge in [-0.3, -0.25) is 24.7 Å². The number of sulfonamides is 1. The normalized spacial score (nSPS) is 22.1. The molecule has 2 bridgehead atoms. The molecule has 3 aromatic carbocycles. The van der Waals surface area contributed by atoms with Gasteiger partial charge in [0, 0.05) is 99.4 Å². The highest BCUT2D eigenvalue weighted by Gasteiger charge is 2.41. The summed E-state index contributed by atoms with van der Waals surface area (Å²) in [7, 11) is -2.87. The van der Waals surface area contributed by atoms with Crippen molar-refractivity contribution in [3.63, 3.8) is 0 Å². The van der Waals surface area contributed by atoms with Crippen LogP contribution in [0.25, 0.3) is 16.6 Å². The number of hydrogen-bond acceptors (Lipinski definition) is 12. The van der Waals surface area contributed by atoms with Gasteiger partial charge in [0.05, 0.1) is 27.6 Å². The van der Waals surface area contributed by atoms with Gasteiger partial charge in [0.15, 0.2) is 11.4 Å². The number of carbonyl (C=O) groups excluding carboxylic acids is 1. The molecule has 66 heavy (non-hydrogen) atoms. The molecule has 0 radical (unpaired) electrons. The van der Waals surface area contributed by atoms with Gasteiger partial charge >= 0.3 is 0 Å². The highest BCUT2D eigenvalue weighted by Crippen LogP contribution is 2.46. The number of hydrogen-bond donors (Lipinski definition) is 2. The van der Waals surface area contributed by atoms with Crippen molar-refractivity contribution in [2.24, 2.45) is 11.3 Å². The molecule has 1 amide bonds. The van der Waals surface area contributed by atoms with Gasteiger partial charge in [-0.1, -0.05) is 43.2 Å². The fourth-order valence-electron chi connectivity index (χ4n) is 10.7. The Morgan fingerprint density at radius 2 is 1.86 bits per heavy atom. The van der Waals surface area contributed by atoms with Gasteiger partial charge in [-0.2, -0.15) is 0 Å². The summed E-state index contributed by atoms with van der Waals surface area (Å²) in [5.74, 6) is 0.280. The van der Waals surface area contributed by atoms with E-state index in [1.807, 2.05) is 23.1 Å². The number of amides is 1. The molecular weight excluding hydrogens is 880 g/mol. The summed E-state index contributed by atoms with van der Waals surface area (Å²) in [5, 5.41) is 14.1. The Labute approximate surface area is 389 Å². The third-order valence-corrected chi connectivity index (χ3v) is 16.0. The van der Waals surface area contributed by atoms with Crippen molar-refractivity contribution in [2.45, 2.75) is 69.4 Å². The zero-order valence-electron chi connectivity index (χ0n) is 37.5. The van der Waals surface area contributed by atoms with Crippen molar-refractivity contribution in [2.75, 3.05) is 69.3 Å². The number of nitrogens with one attached hydrogen (secondary N) is 2. The molecule has 0 spiro atoms. The minimum Gasteiger partial charge on any atom is -0.489 e. The third-order valence-electron chi connectivity index (χ3n) is 14.4. The summed E-state index contributed by atoms with van der Waals surface area (Å²) in [6, 6.07) is 19.5. The summed E-state index contributed by atoms with van der Waals surface area (Å²) in [4.78, 5) is 42.1. The summed E-state index contributed by atoms with van der Waals surface area (Å²) in [6.07, 6.45) is 10.1. The molecular formula is C49H55ClN8O7S. The van der Waals surface area contributed by atoms with Crippen LogP contribution in [0.15, 0.2) is 89.6 Å². The van der Waals surface area contributed by atoms with Gasteiger partial charge in [-0.15, -0.1) is 0 Å². The van der Waals surface area contributed by atoms with Gasteiger partial charge in [-0.25, -0.2) is 18.1 Å². The van der Waals surface area contributed by atoms with Crippen molar-refractivity contribution < 1.29 is 27.6 Å². The highest BCUT2D eigenvalue weighted by atomic mass is 35.5. The molecule has 3 atom stereocenters. The van der Waals surface area contributed by atoms with Crippen molar-refractivity contribution in [1.82, 2.24) is 24.5 Å². The van der Waals surface area contributed by atoms with Crippen LogP contribution in [0.2, 0.25) is 5.02 Å². The van der Waals surface area contributed by atoms with Crippen LogP contribution in [0.3, 0.4) is 0 Å². The Morgan fingerprint density at radius 1 is 1.06 bits per heavy atom. The number of likely N-dealkylation sites (N-methyl/N-ethyl adjacent to an activating group) is 1. The molecule has 346 valence electrons. The van der Waals surface area contributed by atoms with E-state index in [0.29, 0.717) is 29.9 Å². The van der Waals surface area contributed by atoms with Gasteiger partial charge in [-0.05, 0) is 97.4 Å². The number of halogens is 1. The number of nitro groups is 1. The number of pyridine rings is 1. The first kappa shape index (κ1) is 44.2. The molecule has 15 nitrogen and oxygen atoms in total. The number of nitro benzene ring substituents is 1. The van der Waals surface area contributed by atoms with E-state index in [9.17, 15) is 23.3 Å². The van der Waals surface area contributed by atoms with Crippen molar-refractivity contribution in [3.8, 4) is 17.2 Å². The molecule has 5 aromatic rings. The first-order valence-electron chi connectivity index (χ1n) is 22.8. The number of nitrogens with zero attached hydrogens (tertiary/aromatic N) is 6. The summed E-state index contributed by atoms with van der Waals surface area (Å²) < 4.78 is 42.7. The molecule has 1 saturated carbocycles. The smallest absolute Gasteiger partial charge is 0.297 e. The van der Waals surface area contributed by atoms with Crippen LogP contribution in [-0.4, -0.2) is 111 Å². The standard InChI is InChI=1S/C49H55ClN8O7S/c1-49(2)14-12-34(42(25-49)32-5-7-35(50)8-6-32)28-55-16-18-56(19-17-55)37-10-11-41(44(22-37)65-39-21-33-13-15-51-47(33)52-26-39)48(59)53-66(62,63)40-23-43(58(60)61)46-45(24-40)64-30-38(54(46)3)29-57-27-31-4-9-36(57)20-31/h5-8,10-11,13,15,21-24,26,31,36,38H,4,9,12,14,16-20,25,27-30H2,1-3H3,(H,51,52)(H,53,59)/t31-,36+,38+/m0/s1. The van der Waals surface area contributed by atoms with Crippen LogP contribution < -0.4 is 24.0 Å². The number of piperidine rings is 1. The molecule has 3 aliphatic heterocycles. The number of ether oxygens (including phenoxy) is 2. The zero-order chi connectivity index (χ0) is 45.9. The van der Waals surface area contributed by atoms with Crippen LogP contribution in [0.5, 0.6) is 17.2 Å². The highest BCUT2D eigenvalue weighted by molar-refractivity contribution is 7.90. The summed E-state index contributed by atoms with van der Waals surface area (Å²) >= 11 is 6.26. The SMILES string of the molecule is CN1c2c(cc(S(=O)(=O)NC(=O)c3ccc(N4CCN(CC5=C(c6ccc(Cl)cc6)CC(C)(C)CC5)CC4)cc3Oc3cnc4[nH]ccc4c3)cc2[N+](=O)[O-])OC[C@H]1CN1C[C@H]2CC[C@@H]1C2. The quantitative estimate of drug-likeness (QED) is 0.0906. The minimum atomic E-state index is -4.65. The molecule has 10 rings (SSSR count). The Morgan fingerprint density at radius 3 is 2.61 bits per heavy atom. The molecule has 3 fully saturated rings. The lowest BCUT2D eigenvalue weighted by Crippen LogP contribution is -2.50. The van der Waals surface area contributed by atoms with Gasteiger partial charge < -0.3 is 24.3 Å². The maximum absolute atomic E-state index is 14.1. The molecule has 17 heteroatoms. The minimum absolute atomic E-state index is 0.0427. The van der Waals surface area contributed by atoms with E-state index >= 15 is 0 Å². The number of H-pyrrole nitrogens is 1. The predicted octanol–water partition coefficient (Wildman–Crippen LogP) is 8.50. The van der Waals surface area contributed by atoms with Crippen LogP contribution in [0.1, 0.15) is 68.3 Å². The number of aromatic amines is 1. The monoisotopic (exact) mass is 934 g/mol. The average molecular weight is 936 g/mol. The lowest BCUT2D eigenvalue weighted by atomic mass is 9.72. The Hall–Kier alpha value is -5.68. The molecule has 2 aliphatic carbocycles.